The number of rotatable bonds is 12. The summed E-state index contributed by atoms with van der Waals surface area (Å²) in [6.45, 7) is 8.65. The van der Waals surface area contributed by atoms with Crippen molar-refractivity contribution in [2.45, 2.75) is 69.7 Å². The number of piperidine rings is 1. The van der Waals surface area contributed by atoms with Crippen molar-refractivity contribution in [2.24, 2.45) is 5.92 Å². The molecule has 3 aromatic rings. The Morgan fingerprint density at radius 1 is 0.945 bits per heavy atom. The molecule has 17 heteroatoms. The first kappa shape index (κ1) is 42.0. The van der Waals surface area contributed by atoms with Gasteiger partial charge < -0.3 is 29.9 Å². The highest BCUT2D eigenvalue weighted by molar-refractivity contribution is 7.89. The fourth-order valence-electron chi connectivity index (χ4n) is 6.55. The average molecular weight is 809 g/mol. The van der Waals surface area contributed by atoms with Gasteiger partial charge in [-0.3, -0.25) is 4.79 Å². The van der Waals surface area contributed by atoms with Crippen LogP contribution in [0.5, 0.6) is 5.75 Å². The quantitative estimate of drug-likeness (QED) is 0.146. The second kappa shape index (κ2) is 17.8. The zero-order valence-electron chi connectivity index (χ0n) is 31.4. The molecule has 2 amide bonds. The van der Waals surface area contributed by atoms with Crippen LogP contribution in [0.25, 0.3) is 0 Å². The average Bonchev–Trinajstić information content (AvgIpc) is 3.14. The maximum atomic E-state index is 13.4. The predicted molar refractivity (Wildman–Crippen MR) is 204 cm³/mol. The van der Waals surface area contributed by atoms with Crippen molar-refractivity contribution in [3.63, 3.8) is 0 Å². The number of carbonyl (C=O) groups is 2. The van der Waals surface area contributed by atoms with Gasteiger partial charge in [0.05, 0.1) is 23.1 Å². The van der Waals surface area contributed by atoms with Crippen LogP contribution in [-0.4, -0.2) is 93.1 Å². The van der Waals surface area contributed by atoms with Gasteiger partial charge in [0.25, 0.3) is 5.91 Å². The molecule has 0 atom stereocenters. The molecular weight excluding hydrogens is 761 g/mol. The van der Waals surface area contributed by atoms with E-state index < -0.39 is 33.3 Å². The fraction of sp³-hybridized carbons (Fsp3) is 0.500. The normalized spacial score (nSPS) is 16.2. The summed E-state index contributed by atoms with van der Waals surface area (Å²) in [5.74, 6) is 0.546. The monoisotopic (exact) mass is 808 g/mol. The van der Waals surface area contributed by atoms with Crippen molar-refractivity contribution in [1.29, 1.82) is 0 Å². The van der Waals surface area contributed by atoms with Gasteiger partial charge in [0.2, 0.25) is 10.0 Å². The van der Waals surface area contributed by atoms with Gasteiger partial charge in [-0.1, -0.05) is 17.7 Å². The minimum Gasteiger partial charge on any atom is -0.496 e. The van der Waals surface area contributed by atoms with Gasteiger partial charge in [-0.2, -0.15) is 17.5 Å². The zero-order valence-corrected chi connectivity index (χ0v) is 33.0. The number of likely N-dealkylation sites (tertiary alicyclic amines) is 1. The summed E-state index contributed by atoms with van der Waals surface area (Å²) in [7, 11) is -2.45. The Labute approximate surface area is 325 Å². The summed E-state index contributed by atoms with van der Waals surface area (Å²) < 4.78 is 78.9. The first-order chi connectivity index (χ1) is 25.9. The lowest BCUT2D eigenvalue weighted by Crippen LogP contribution is -2.49. The number of carbonyl (C=O) groups excluding carboxylic acids is 2. The number of anilines is 2. The van der Waals surface area contributed by atoms with Crippen LogP contribution < -0.4 is 20.3 Å². The number of aromatic nitrogens is 1. The Balaban J connectivity index is 1.09. The molecule has 0 unspecified atom stereocenters. The topological polar surface area (TPSA) is 133 Å². The molecule has 0 saturated carbocycles. The first-order valence-electron chi connectivity index (χ1n) is 18.2. The van der Waals surface area contributed by atoms with Crippen LogP contribution in [-0.2, 0) is 27.5 Å². The highest BCUT2D eigenvalue weighted by Gasteiger charge is 2.34. The van der Waals surface area contributed by atoms with Crippen molar-refractivity contribution in [2.75, 3.05) is 63.1 Å². The second-order valence-electron chi connectivity index (χ2n) is 14.7. The molecule has 0 bridgehead atoms. The molecule has 2 aliphatic rings. The molecule has 2 aliphatic heterocycles. The second-order valence-corrected chi connectivity index (χ2v) is 17.0. The van der Waals surface area contributed by atoms with E-state index in [1.165, 1.54) is 35.7 Å². The standard InChI is InChI=1S/C38H48ClF3N6O6S/c1-37(2,3)54-36(50)47-16-13-26(14-17-47)6-5-15-43-25-27-7-12-32(53-4)31(22-27)35(49)44-29-8-10-30(11-9-29)55(51,52)48-20-18-46(19-21-48)34-24-28(38(40,41)42)23-33(39)45-34/h7-12,22-24,26,43H,5-6,13-21,25H2,1-4H3,(H,44,49). The summed E-state index contributed by atoms with van der Waals surface area (Å²) in [5, 5.41) is 5.95. The summed E-state index contributed by atoms with van der Waals surface area (Å²) in [6.07, 6.45) is -0.903. The number of benzene rings is 2. The predicted octanol–water partition coefficient (Wildman–Crippen LogP) is 7.04. The molecule has 0 radical (unpaired) electrons. The molecule has 2 aromatic carbocycles. The number of alkyl halides is 3. The maximum absolute atomic E-state index is 13.4. The summed E-state index contributed by atoms with van der Waals surface area (Å²) in [6, 6.07) is 12.8. The summed E-state index contributed by atoms with van der Waals surface area (Å²) >= 11 is 5.84. The number of pyridine rings is 1. The molecule has 55 heavy (non-hydrogen) atoms. The van der Waals surface area contributed by atoms with E-state index in [1.54, 1.807) is 21.9 Å². The highest BCUT2D eigenvalue weighted by Crippen LogP contribution is 2.33. The van der Waals surface area contributed by atoms with Crippen molar-refractivity contribution in [1.82, 2.24) is 19.5 Å². The first-order valence-corrected chi connectivity index (χ1v) is 20.0. The zero-order chi connectivity index (χ0) is 40.0. The van der Waals surface area contributed by atoms with E-state index in [2.05, 4.69) is 15.6 Å². The van der Waals surface area contributed by atoms with E-state index in [0.29, 0.717) is 42.6 Å². The summed E-state index contributed by atoms with van der Waals surface area (Å²) in [5.41, 5.74) is 0.164. The van der Waals surface area contributed by atoms with Gasteiger partial charge in [0.1, 0.15) is 22.3 Å². The van der Waals surface area contributed by atoms with E-state index in [-0.39, 0.29) is 48.1 Å². The third-order valence-electron chi connectivity index (χ3n) is 9.49. The third-order valence-corrected chi connectivity index (χ3v) is 11.6. The Kier molecular flexibility index (Phi) is 13.6. The van der Waals surface area contributed by atoms with Crippen LogP contribution >= 0.6 is 11.6 Å². The molecule has 0 aliphatic carbocycles. The van der Waals surface area contributed by atoms with Crippen LogP contribution in [0, 0.1) is 5.92 Å². The van der Waals surface area contributed by atoms with Crippen molar-refractivity contribution < 1.29 is 40.7 Å². The van der Waals surface area contributed by atoms with Gasteiger partial charge in [0.15, 0.2) is 0 Å². The van der Waals surface area contributed by atoms with E-state index >= 15 is 0 Å². The Hall–Kier alpha value is -4.12. The van der Waals surface area contributed by atoms with Gasteiger partial charge in [0, 0.05) is 51.5 Å². The van der Waals surface area contributed by atoms with Crippen molar-refractivity contribution in [3.8, 4) is 5.75 Å². The smallest absolute Gasteiger partial charge is 0.416 e. The van der Waals surface area contributed by atoms with E-state index in [9.17, 15) is 31.2 Å². The van der Waals surface area contributed by atoms with E-state index in [1.807, 2.05) is 26.8 Å². The van der Waals surface area contributed by atoms with E-state index in [0.717, 1.165) is 49.9 Å². The highest BCUT2D eigenvalue weighted by atomic mass is 35.5. The minimum atomic E-state index is -4.60. The van der Waals surface area contributed by atoms with Gasteiger partial charge in [-0.25, -0.2) is 18.2 Å². The number of hydrogen-bond acceptors (Lipinski definition) is 9. The molecular formula is C38H48ClF3N6O6S. The van der Waals surface area contributed by atoms with Crippen LogP contribution in [0.1, 0.15) is 67.9 Å². The van der Waals surface area contributed by atoms with Gasteiger partial charge in [-0.15, -0.1) is 0 Å². The van der Waals surface area contributed by atoms with Crippen molar-refractivity contribution >= 4 is 45.1 Å². The molecule has 2 fully saturated rings. The Bertz CT molecular complexity index is 1910. The van der Waals surface area contributed by atoms with E-state index in [4.69, 9.17) is 21.1 Å². The number of amides is 2. The largest absolute Gasteiger partial charge is 0.496 e. The lowest BCUT2D eigenvalue weighted by Gasteiger charge is -2.35. The molecule has 1 aromatic heterocycles. The number of nitrogens with one attached hydrogen (secondary N) is 2. The van der Waals surface area contributed by atoms with Crippen LogP contribution in [0.3, 0.4) is 0 Å². The number of sulfonamides is 1. The lowest BCUT2D eigenvalue weighted by atomic mass is 9.92. The molecule has 3 heterocycles. The Morgan fingerprint density at radius 3 is 2.24 bits per heavy atom. The third kappa shape index (κ3) is 11.5. The molecule has 2 N–H and O–H groups in total. The number of halogens is 4. The SMILES string of the molecule is COc1ccc(CNCCCC2CCN(C(=O)OC(C)(C)C)CC2)cc1C(=O)Nc1ccc(S(=O)(=O)N2CCN(c3cc(C(F)(F)F)cc(Cl)n3)CC2)cc1. The number of piperazine rings is 1. The maximum Gasteiger partial charge on any atom is 0.416 e. The van der Waals surface area contributed by atoms with Gasteiger partial charge >= 0.3 is 12.3 Å². The van der Waals surface area contributed by atoms with Crippen molar-refractivity contribution in [3.05, 3.63) is 76.4 Å². The molecule has 300 valence electrons. The molecule has 0 spiro atoms. The summed E-state index contributed by atoms with van der Waals surface area (Å²) in [4.78, 5) is 33.0. The minimum absolute atomic E-state index is 0.0103. The number of hydrogen-bond donors (Lipinski definition) is 2. The fourth-order valence-corrected chi connectivity index (χ4v) is 8.17. The number of nitrogens with zero attached hydrogens (tertiary/aromatic N) is 4. The van der Waals surface area contributed by atoms with Crippen LogP contribution in [0.2, 0.25) is 5.15 Å². The lowest BCUT2D eigenvalue weighted by molar-refractivity contribution is -0.137. The number of ether oxygens (including phenoxy) is 2. The Morgan fingerprint density at radius 2 is 1.62 bits per heavy atom. The van der Waals surface area contributed by atoms with Crippen LogP contribution in [0.15, 0.2) is 59.5 Å². The van der Waals surface area contributed by atoms with Crippen LogP contribution in [0.4, 0.5) is 29.5 Å². The molecule has 5 rings (SSSR count). The molecule has 12 nitrogen and oxygen atoms in total. The molecule has 2 saturated heterocycles. The number of methoxy groups -OCH3 is 1. The van der Waals surface area contributed by atoms with Gasteiger partial charge in [-0.05, 0) is 113 Å².